The van der Waals surface area contributed by atoms with Crippen molar-refractivity contribution in [2.45, 2.75) is 12.3 Å². The van der Waals surface area contributed by atoms with Crippen LogP contribution in [0.5, 0.6) is 0 Å². The molecule has 0 aliphatic heterocycles. The maximum atomic E-state index is 12.2. The second-order valence-electron chi connectivity index (χ2n) is 4.22. The van der Waals surface area contributed by atoms with Crippen LogP contribution >= 0.6 is 22.9 Å². The van der Waals surface area contributed by atoms with E-state index in [1.54, 1.807) is 42.6 Å². The summed E-state index contributed by atoms with van der Waals surface area (Å²) in [6.07, 6.45) is 0. The Hall–Kier alpha value is -0.880. The van der Waals surface area contributed by atoms with Crippen LogP contribution in [0.25, 0.3) is 0 Å². The number of hydrogen-bond acceptors (Lipinski definition) is 3. The summed E-state index contributed by atoms with van der Waals surface area (Å²) >= 11 is 7.33. The second kappa shape index (κ2) is 6.05. The van der Waals surface area contributed by atoms with Gasteiger partial charge in [0, 0.05) is 23.5 Å². The molecule has 0 atom stereocenters. The molecule has 6 heteroatoms. The minimum atomic E-state index is -3.31. The van der Waals surface area contributed by atoms with Crippen LogP contribution in [0.1, 0.15) is 10.4 Å². The molecule has 0 fully saturated rings. The Morgan fingerprint density at radius 1 is 1.21 bits per heavy atom. The molecule has 0 saturated heterocycles. The molecule has 0 aliphatic rings. The first-order valence-electron chi connectivity index (χ1n) is 5.68. The van der Waals surface area contributed by atoms with E-state index in [-0.39, 0.29) is 5.75 Å². The summed E-state index contributed by atoms with van der Waals surface area (Å²) in [6, 6.07) is 10.7. The van der Waals surface area contributed by atoms with E-state index in [1.165, 1.54) is 4.31 Å². The van der Waals surface area contributed by atoms with Crippen LogP contribution in [0.3, 0.4) is 0 Å². The van der Waals surface area contributed by atoms with Gasteiger partial charge in [0.05, 0.1) is 5.75 Å². The van der Waals surface area contributed by atoms with Crippen molar-refractivity contribution in [3.8, 4) is 0 Å². The Balaban J connectivity index is 2.07. The summed E-state index contributed by atoms with van der Waals surface area (Å²) in [7, 11) is -1.70. The van der Waals surface area contributed by atoms with Crippen LogP contribution in [-0.2, 0) is 22.3 Å². The topological polar surface area (TPSA) is 37.4 Å². The van der Waals surface area contributed by atoms with Crippen molar-refractivity contribution in [2.24, 2.45) is 0 Å². The zero-order valence-corrected chi connectivity index (χ0v) is 12.8. The largest absolute Gasteiger partial charge is 0.218 e. The Morgan fingerprint density at radius 2 is 1.89 bits per heavy atom. The van der Waals surface area contributed by atoms with Crippen LogP contribution in [0.2, 0.25) is 5.02 Å². The third-order valence-electron chi connectivity index (χ3n) is 2.70. The standard InChI is InChI=1S/C13H14ClNO2S2/c1-15(9-13-3-2-8-18-13)19(16,17)10-11-4-6-12(14)7-5-11/h2-8H,9-10H2,1H3. The number of rotatable bonds is 5. The number of nitrogens with zero attached hydrogens (tertiary/aromatic N) is 1. The van der Waals surface area contributed by atoms with Crippen molar-refractivity contribution >= 4 is 33.0 Å². The highest BCUT2D eigenvalue weighted by Crippen LogP contribution is 2.17. The third-order valence-corrected chi connectivity index (χ3v) is 5.59. The van der Waals surface area contributed by atoms with Crippen LogP contribution in [0.15, 0.2) is 41.8 Å². The molecule has 0 bridgehead atoms. The fourth-order valence-corrected chi connectivity index (χ4v) is 3.76. The van der Waals surface area contributed by atoms with E-state index < -0.39 is 10.0 Å². The molecular weight excluding hydrogens is 302 g/mol. The molecule has 0 saturated carbocycles. The van der Waals surface area contributed by atoms with Gasteiger partial charge in [-0.2, -0.15) is 4.31 Å². The van der Waals surface area contributed by atoms with Gasteiger partial charge >= 0.3 is 0 Å². The highest BCUT2D eigenvalue weighted by atomic mass is 35.5. The van der Waals surface area contributed by atoms with E-state index in [1.807, 2.05) is 17.5 Å². The Kier molecular flexibility index (Phi) is 4.62. The maximum Gasteiger partial charge on any atom is 0.218 e. The fourth-order valence-electron chi connectivity index (χ4n) is 1.62. The average Bonchev–Trinajstić information content (AvgIpc) is 2.84. The quantitative estimate of drug-likeness (QED) is 0.848. The molecule has 2 aromatic rings. The van der Waals surface area contributed by atoms with Gasteiger partial charge in [-0.15, -0.1) is 11.3 Å². The summed E-state index contributed by atoms with van der Waals surface area (Å²) in [5.74, 6) is -0.00789. The maximum absolute atomic E-state index is 12.2. The van der Waals surface area contributed by atoms with E-state index in [0.717, 1.165) is 10.4 Å². The number of thiophene rings is 1. The number of sulfonamides is 1. The Bertz CT molecular complexity index is 621. The summed E-state index contributed by atoms with van der Waals surface area (Å²) in [5.41, 5.74) is 0.738. The van der Waals surface area contributed by atoms with E-state index in [0.29, 0.717) is 11.6 Å². The molecule has 0 amide bonds. The molecule has 0 radical (unpaired) electrons. The molecule has 1 aromatic carbocycles. The molecule has 0 aliphatic carbocycles. The van der Waals surface area contributed by atoms with Crippen LogP contribution in [-0.4, -0.2) is 19.8 Å². The van der Waals surface area contributed by atoms with E-state index in [4.69, 9.17) is 11.6 Å². The van der Waals surface area contributed by atoms with Gasteiger partial charge in [0.25, 0.3) is 0 Å². The predicted molar refractivity (Wildman–Crippen MR) is 79.9 cm³/mol. The predicted octanol–water partition coefficient (Wildman–Crippen LogP) is 3.36. The molecule has 1 aromatic heterocycles. The van der Waals surface area contributed by atoms with Crippen molar-refractivity contribution in [1.82, 2.24) is 4.31 Å². The highest BCUT2D eigenvalue weighted by Gasteiger charge is 2.19. The second-order valence-corrected chi connectivity index (χ2v) is 7.76. The smallest absolute Gasteiger partial charge is 0.212 e. The van der Waals surface area contributed by atoms with Gasteiger partial charge in [0.1, 0.15) is 0 Å². The first-order valence-corrected chi connectivity index (χ1v) is 8.55. The monoisotopic (exact) mass is 315 g/mol. The highest BCUT2D eigenvalue weighted by molar-refractivity contribution is 7.88. The summed E-state index contributed by atoms with van der Waals surface area (Å²) in [5, 5.41) is 2.54. The van der Waals surface area contributed by atoms with Gasteiger partial charge in [0.2, 0.25) is 10.0 Å². The summed E-state index contributed by atoms with van der Waals surface area (Å²) in [6.45, 7) is 0.410. The molecule has 2 rings (SSSR count). The molecule has 3 nitrogen and oxygen atoms in total. The minimum absolute atomic E-state index is 0.00789. The van der Waals surface area contributed by atoms with Gasteiger partial charge in [0.15, 0.2) is 0 Å². The first kappa shape index (κ1) is 14.5. The Labute approximate surface area is 122 Å². The van der Waals surface area contributed by atoms with Gasteiger partial charge in [-0.3, -0.25) is 0 Å². The van der Waals surface area contributed by atoms with Crippen molar-refractivity contribution < 1.29 is 8.42 Å². The zero-order valence-electron chi connectivity index (χ0n) is 10.4. The van der Waals surface area contributed by atoms with Crippen molar-refractivity contribution in [2.75, 3.05) is 7.05 Å². The van der Waals surface area contributed by atoms with Crippen molar-refractivity contribution in [3.63, 3.8) is 0 Å². The first-order chi connectivity index (χ1) is 8.97. The van der Waals surface area contributed by atoms with Crippen LogP contribution in [0, 0.1) is 0 Å². The van der Waals surface area contributed by atoms with E-state index in [2.05, 4.69) is 0 Å². The van der Waals surface area contributed by atoms with Crippen molar-refractivity contribution in [1.29, 1.82) is 0 Å². The lowest BCUT2D eigenvalue weighted by Crippen LogP contribution is -2.27. The van der Waals surface area contributed by atoms with Crippen LogP contribution < -0.4 is 0 Å². The zero-order chi connectivity index (χ0) is 13.9. The molecule has 102 valence electrons. The molecule has 0 unspecified atom stereocenters. The lowest BCUT2D eigenvalue weighted by Gasteiger charge is -2.16. The van der Waals surface area contributed by atoms with Crippen LogP contribution in [0.4, 0.5) is 0 Å². The number of halogens is 1. The average molecular weight is 316 g/mol. The van der Waals surface area contributed by atoms with Gasteiger partial charge < -0.3 is 0 Å². The minimum Gasteiger partial charge on any atom is -0.212 e. The SMILES string of the molecule is CN(Cc1cccs1)S(=O)(=O)Cc1ccc(Cl)cc1. The van der Waals surface area contributed by atoms with Gasteiger partial charge in [-0.1, -0.05) is 29.8 Å². The molecule has 1 heterocycles. The third kappa shape index (κ3) is 4.04. The summed E-state index contributed by atoms with van der Waals surface area (Å²) in [4.78, 5) is 1.03. The fraction of sp³-hybridized carbons (Fsp3) is 0.231. The molecular formula is C13H14ClNO2S2. The summed E-state index contributed by atoms with van der Waals surface area (Å²) < 4.78 is 25.8. The lowest BCUT2D eigenvalue weighted by atomic mass is 10.2. The van der Waals surface area contributed by atoms with Gasteiger partial charge in [-0.25, -0.2) is 8.42 Å². The van der Waals surface area contributed by atoms with E-state index >= 15 is 0 Å². The number of benzene rings is 1. The molecule has 0 spiro atoms. The lowest BCUT2D eigenvalue weighted by molar-refractivity contribution is 0.469. The van der Waals surface area contributed by atoms with Crippen molar-refractivity contribution in [3.05, 3.63) is 57.2 Å². The Morgan fingerprint density at radius 3 is 2.47 bits per heavy atom. The van der Waals surface area contributed by atoms with E-state index in [9.17, 15) is 8.42 Å². The normalized spacial score (nSPS) is 11.9. The molecule has 0 N–H and O–H groups in total. The number of hydrogen-bond donors (Lipinski definition) is 0. The van der Waals surface area contributed by atoms with Gasteiger partial charge in [-0.05, 0) is 29.1 Å². The molecule has 19 heavy (non-hydrogen) atoms.